The van der Waals surface area contributed by atoms with Crippen LogP contribution in [0.1, 0.15) is 33.6 Å². The quantitative estimate of drug-likeness (QED) is 0.282. The molecule has 6 heteroatoms. The fraction of sp³-hybridized carbons (Fsp3) is 0.818. The molecule has 0 aromatic carbocycles. The molecular formula is C11H24N4O2. The van der Waals surface area contributed by atoms with Crippen LogP contribution in [0, 0.1) is 5.41 Å². The first-order valence-corrected chi connectivity index (χ1v) is 5.96. The number of nitrogens with one attached hydrogen (secondary N) is 2. The lowest BCUT2D eigenvalue weighted by molar-refractivity contribution is -0.144. The summed E-state index contributed by atoms with van der Waals surface area (Å²) in [6, 6.07) is -0.254. The zero-order chi connectivity index (χ0) is 13.4. The molecule has 0 aliphatic carbocycles. The fourth-order valence-corrected chi connectivity index (χ4v) is 1.90. The van der Waals surface area contributed by atoms with Crippen molar-refractivity contribution < 1.29 is 9.90 Å². The molecule has 0 fully saturated rings. The molecule has 0 radical (unpaired) electrons. The molecule has 6 nitrogen and oxygen atoms in total. The molecule has 0 amide bonds. The minimum atomic E-state index is -0.789. The van der Waals surface area contributed by atoms with E-state index < -0.39 is 12.0 Å². The molecule has 1 unspecified atom stereocenters. The Morgan fingerprint density at radius 1 is 1.53 bits per heavy atom. The first kappa shape index (κ1) is 15.7. The molecular weight excluding hydrogens is 220 g/mol. The molecule has 17 heavy (non-hydrogen) atoms. The second-order valence-electron chi connectivity index (χ2n) is 4.26. The maximum Gasteiger partial charge on any atom is 0.320 e. The number of likely N-dealkylation sites (N-methyl/N-ethyl adjacent to an activating group) is 1. The zero-order valence-corrected chi connectivity index (χ0v) is 10.9. The summed E-state index contributed by atoms with van der Waals surface area (Å²) in [6.45, 7) is 7.20. The number of hydrogen-bond donors (Lipinski definition) is 4. The number of carboxylic acid groups (broad SMARTS) is 1. The second kappa shape index (κ2) is 7.89. The largest absolute Gasteiger partial charge is 0.480 e. The highest BCUT2D eigenvalue weighted by Crippen LogP contribution is 2.11. The Labute approximate surface area is 103 Å². The van der Waals surface area contributed by atoms with E-state index >= 15 is 0 Å². The topological polar surface area (TPSA) is 102 Å². The number of hydrogen-bond acceptors (Lipinski definition) is 3. The highest BCUT2D eigenvalue weighted by Gasteiger charge is 2.25. The Morgan fingerprint density at radius 2 is 2.12 bits per heavy atom. The van der Waals surface area contributed by atoms with Gasteiger partial charge < -0.3 is 16.2 Å². The van der Waals surface area contributed by atoms with Crippen molar-refractivity contribution >= 4 is 11.9 Å². The van der Waals surface area contributed by atoms with E-state index in [4.69, 9.17) is 11.1 Å². The molecule has 0 saturated heterocycles. The molecule has 0 spiro atoms. The molecule has 0 aliphatic heterocycles. The summed E-state index contributed by atoms with van der Waals surface area (Å²) in [5, 5.41) is 18.9. The Bertz CT molecular complexity index is 256. The summed E-state index contributed by atoms with van der Waals surface area (Å²) in [5.74, 6) is -0.864. The van der Waals surface area contributed by atoms with Gasteiger partial charge in [-0.2, -0.15) is 0 Å². The van der Waals surface area contributed by atoms with Gasteiger partial charge in [0.2, 0.25) is 0 Å². The summed E-state index contributed by atoms with van der Waals surface area (Å²) < 4.78 is 0. The third-order valence-corrected chi connectivity index (χ3v) is 2.68. The van der Waals surface area contributed by atoms with Crippen molar-refractivity contribution in [2.24, 2.45) is 5.73 Å². The number of nitrogens with zero attached hydrogens (tertiary/aromatic N) is 1. The SMILES string of the molecule is CCN(C(C)C)C(CCCNC(=N)N)C(=O)O. The van der Waals surface area contributed by atoms with Crippen molar-refractivity contribution in [3.05, 3.63) is 0 Å². The van der Waals surface area contributed by atoms with Crippen molar-refractivity contribution in [1.82, 2.24) is 10.2 Å². The molecule has 0 aliphatic rings. The molecule has 0 aromatic rings. The van der Waals surface area contributed by atoms with Crippen LogP contribution in [0.15, 0.2) is 0 Å². The first-order chi connectivity index (χ1) is 7.90. The predicted octanol–water partition coefficient (Wildman–Crippen LogP) is 0.433. The third-order valence-electron chi connectivity index (χ3n) is 2.68. The van der Waals surface area contributed by atoms with Crippen molar-refractivity contribution in [1.29, 1.82) is 5.41 Å². The number of carbonyl (C=O) groups is 1. The average molecular weight is 244 g/mol. The highest BCUT2D eigenvalue weighted by atomic mass is 16.4. The third kappa shape index (κ3) is 6.11. The van der Waals surface area contributed by atoms with Crippen molar-refractivity contribution in [2.45, 2.75) is 45.7 Å². The number of guanidine groups is 1. The van der Waals surface area contributed by atoms with Crippen molar-refractivity contribution in [3.63, 3.8) is 0 Å². The Hall–Kier alpha value is -1.30. The zero-order valence-electron chi connectivity index (χ0n) is 10.9. The molecule has 0 aromatic heterocycles. The number of carboxylic acids is 1. The van der Waals surface area contributed by atoms with Gasteiger partial charge in [-0.15, -0.1) is 0 Å². The van der Waals surface area contributed by atoms with Crippen LogP contribution in [0.25, 0.3) is 0 Å². The molecule has 5 N–H and O–H groups in total. The van der Waals surface area contributed by atoms with Gasteiger partial charge in [-0.1, -0.05) is 6.92 Å². The van der Waals surface area contributed by atoms with Crippen molar-refractivity contribution in [2.75, 3.05) is 13.1 Å². The Kier molecular flexibility index (Phi) is 7.29. The predicted molar refractivity (Wildman–Crippen MR) is 68.1 cm³/mol. The van der Waals surface area contributed by atoms with E-state index in [2.05, 4.69) is 5.32 Å². The monoisotopic (exact) mass is 244 g/mol. The Morgan fingerprint density at radius 3 is 2.47 bits per heavy atom. The van der Waals surface area contributed by atoms with Gasteiger partial charge in [0.1, 0.15) is 6.04 Å². The Balaban J connectivity index is 4.24. The van der Waals surface area contributed by atoms with Crippen LogP contribution in [-0.2, 0) is 4.79 Å². The van der Waals surface area contributed by atoms with Gasteiger partial charge in [0.25, 0.3) is 0 Å². The smallest absolute Gasteiger partial charge is 0.320 e. The van der Waals surface area contributed by atoms with E-state index in [-0.39, 0.29) is 12.0 Å². The van der Waals surface area contributed by atoms with Gasteiger partial charge in [-0.05, 0) is 33.2 Å². The summed E-state index contributed by atoms with van der Waals surface area (Å²) in [5.41, 5.74) is 5.15. The number of rotatable bonds is 8. The van der Waals surface area contributed by atoms with E-state index in [1.165, 1.54) is 0 Å². The van der Waals surface area contributed by atoms with Crippen LogP contribution in [0.5, 0.6) is 0 Å². The lowest BCUT2D eigenvalue weighted by Gasteiger charge is -2.31. The molecule has 0 saturated carbocycles. The van der Waals surface area contributed by atoms with Gasteiger partial charge in [0.05, 0.1) is 0 Å². The van der Waals surface area contributed by atoms with Gasteiger partial charge in [0, 0.05) is 12.6 Å². The molecule has 0 heterocycles. The van der Waals surface area contributed by atoms with E-state index in [1.54, 1.807) is 0 Å². The summed E-state index contributed by atoms with van der Waals surface area (Å²) in [7, 11) is 0. The maximum absolute atomic E-state index is 11.2. The molecule has 0 rings (SSSR count). The maximum atomic E-state index is 11.2. The van der Waals surface area contributed by atoms with Crippen molar-refractivity contribution in [3.8, 4) is 0 Å². The fourth-order valence-electron chi connectivity index (χ4n) is 1.90. The van der Waals surface area contributed by atoms with E-state index in [1.807, 2.05) is 25.7 Å². The lowest BCUT2D eigenvalue weighted by atomic mass is 10.1. The summed E-state index contributed by atoms with van der Waals surface area (Å²) in [6.07, 6.45) is 1.24. The van der Waals surface area contributed by atoms with Crippen LogP contribution < -0.4 is 11.1 Å². The number of nitrogens with two attached hydrogens (primary N) is 1. The van der Waals surface area contributed by atoms with Gasteiger partial charge in [-0.3, -0.25) is 15.1 Å². The van der Waals surface area contributed by atoms with Gasteiger partial charge in [-0.25, -0.2) is 0 Å². The lowest BCUT2D eigenvalue weighted by Crippen LogP contribution is -2.45. The number of aliphatic carboxylic acids is 1. The van der Waals surface area contributed by atoms with E-state index in [0.717, 1.165) is 6.54 Å². The van der Waals surface area contributed by atoms with Crippen LogP contribution >= 0.6 is 0 Å². The van der Waals surface area contributed by atoms with Gasteiger partial charge in [0.15, 0.2) is 5.96 Å². The summed E-state index contributed by atoms with van der Waals surface area (Å²) in [4.78, 5) is 13.2. The normalized spacial score (nSPS) is 12.8. The van der Waals surface area contributed by atoms with E-state index in [0.29, 0.717) is 19.4 Å². The minimum Gasteiger partial charge on any atom is -0.480 e. The van der Waals surface area contributed by atoms with Crippen LogP contribution in [0.4, 0.5) is 0 Å². The van der Waals surface area contributed by atoms with Crippen LogP contribution in [-0.4, -0.2) is 47.1 Å². The molecule has 100 valence electrons. The average Bonchev–Trinajstić information content (AvgIpc) is 2.21. The van der Waals surface area contributed by atoms with Crippen LogP contribution in [0.2, 0.25) is 0 Å². The standard InChI is InChI=1S/C11H24N4O2/c1-4-15(8(2)3)9(10(16)17)6-5-7-14-11(12)13/h8-9H,4-7H2,1-3H3,(H,16,17)(H4,12,13,14). The molecule has 1 atom stereocenters. The van der Waals surface area contributed by atoms with Crippen LogP contribution in [0.3, 0.4) is 0 Å². The highest BCUT2D eigenvalue weighted by molar-refractivity contribution is 5.74. The first-order valence-electron chi connectivity index (χ1n) is 5.96. The summed E-state index contributed by atoms with van der Waals surface area (Å²) >= 11 is 0. The second-order valence-corrected chi connectivity index (χ2v) is 4.26. The van der Waals surface area contributed by atoms with E-state index in [9.17, 15) is 9.90 Å². The minimum absolute atomic E-state index is 0.0758. The van der Waals surface area contributed by atoms with Gasteiger partial charge >= 0.3 is 5.97 Å². The molecule has 0 bridgehead atoms.